The predicted octanol–water partition coefficient (Wildman–Crippen LogP) is -0.943. The fourth-order valence-corrected chi connectivity index (χ4v) is 0.973. The topological polar surface area (TPSA) is 81.1 Å². The number of carbonyl (C=O) groups excluding carboxylic acids is 1. The second-order valence-corrected chi connectivity index (χ2v) is 2.88. The van der Waals surface area contributed by atoms with Gasteiger partial charge in [-0.05, 0) is 18.4 Å². The number of nitrogens with two attached hydrogens (primary N) is 2. The second kappa shape index (κ2) is 5.52. The summed E-state index contributed by atoms with van der Waals surface area (Å²) >= 11 is 1.66. The number of thioether (sulfide) groups is 1. The Morgan fingerprint density at radius 3 is 2.80 bits per heavy atom. The Hall–Kier alpha value is -0.260. The Morgan fingerprint density at radius 2 is 2.40 bits per heavy atom. The van der Waals surface area contributed by atoms with E-state index in [1.54, 1.807) is 11.8 Å². The van der Waals surface area contributed by atoms with E-state index in [2.05, 4.69) is 0 Å². The van der Waals surface area contributed by atoms with Crippen LogP contribution in [-0.4, -0.2) is 24.0 Å². The molecule has 0 aromatic heterocycles. The zero-order chi connectivity index (χ0) is 7.98. The van der Waals surface area contributed by atoms with Crippen LogP contribution >= 0.6 is 11.8 Å². The molecule has 0 unspecified atom stereocenters. The van der Waals surface area contributed by atoms with Crippen molar-refractivity contribution in [3.05, 3.63) is 0 Å². The summed E-state index contributed by atoms with van der Waals surface area (Å²) in [6.45, 7) is 0. The number of hydrogen-bond acceptors (Lipinski definition) is 4. The molecule has 1 amide bonds. The summed E-state index contributed by atoms with van der Waals surface area (Å²) in [5, 5.41) is 0. The van der Waals surface area contributed by atoms with Gasteiger partial charge < -0.3 is 5.73 Å². The normalized spacial score (nSPS) is 12.7. The van der Waals surface area contributed by atoms with Gasteiger partial charge in [0.25, 0.3) is 5.91 Å². The van der Waals surface area contributed by atoms with Crippen LogP contribution in [0.1, 0.15) is 6.42 Å². The fraction of sp³-hybridized carbons (Fsp3) is 0.800. The third-order valence-corrected chi connectivity index (χ3v) is 1.76. The SMILES string of the molecule is CSCC[C@@H](N)C(=O)NN. The molecule has 0 bridgehead atoms. The first kappa shape index (κ1) is 9.74. The lowest BCUT2D eigenvalue weighted by Gasteiger charge is -2.07. The van der Waals surface area contributed by atoms with Gasteiger partial charge in [0.2, 0.25) is 0 Å². The maximum Gasteiger partial charge on any atom is 0.250 e. The molecule has 0 heterocycles. The molecule has 0 aliphatic heterocycles. The average Bonchev–Trinajstić information content (AvgIpc) is 1.98. The van der Waals surface area contributed by atoms with Gasteiger partial charge >= 0.3 is 0 Å². The molecular formula is C5H13N3OS. The van der Waals surface area contributed by atoms with Crippen LogP contribution in [-0.2, 0) is 4.79 Å². The minimum absolute atomic E-state index is 0.297. The Labute approximate surface area is 64.7 Å². The lowest BCUT2D eigenvalue weighted by molar-refractivity contribution is -0.122. The molecule has 60 valence electrons. The van der Waals surface area contributed by atoms with Gasteiger partial charge in [-0.2, -0.15) is 11.8 Å². The van der Waals surface area contributed by atoms with E-state index >= 15 is 0 Å². The molecule has 10 heavy (non-hydrogen) atoms. The van der Waals surface area contributed by atoms with Crippen molar-refractivity contribution in [2.24, 2.45) is 11.6 Å². The van der Waals surface area contributed by atoms with E-state index in [0.29, 0.717) is 6.42 Å². The molecule has 0 saturated heterocycles. The molecule has 0 fully saturated rings. The highest BCUT2D eigenvalue weighted by molar-refractivity contribution is 7.98. The summed E-state index contributed by atoms with van der Waals surface area (Å²) in [5.41, 5.74) is 7.41. The fourth-order valence-electron chi connectivity index (χ4n) is 0.483. The van der Waals surface area contributed by atoms with Crippen LogP contribution in [0.3, 0.4) is 0 Å². The zero-order valence-corrected chi connectivity index (χ0v) is 6.78. The Morgan fingerprint density at radius 1 is 1.80 bits per heavy atom. The molecular weight excluding hydrogens is 150 g/mol. The predicted molar refractivity (Wildman–Crippen MR) is 43.3 cm³/mol. The molecule has 4 nitrogen and oxygen atoms in total. The van der Waals surface area contributed by atoms with Gasteiger partial charge in [-0.25, -0.2) is 5.84 Å². The summed E-state index contributed by atoms with van der Waals surface area (Å²) in [5.74, 6) is 5.44. The third kappa shape index (κ3) is 3.71. The van der Waals surface area contributed by atoms with Crippen LogP contribution < -0.4 is 17.0 Å². The van der Waals surface area contributed by atoms with E-state index in [-0.39, 0.29) is 5.91 Å². The van der Waals surface area contributed by atoms with Gasteiger partial charge in [0.1, 0.15) is 0 Å². The molecule has 0 aliphatic rings. The number of nitrogens with one attached hydrogen (secondary N) is 1. The highest BCUT2D eigenvalue weighted by Gasteiger charge is 2.09. The molecule has 1 atom stereocenters. The minimum atomic E-state index is -0.461. The van der Waals surface area contributed by atoms with E-state index in [4.69, 9.17) is 11.6 Å². The van der Waals surface area contributed by atoms with E-state index < -0.39 is 6.04 Å². The first-order chi connectivity index (χ1) is 4.72. The summed E-state index contributed by atoms with van der Waals surface area (Å²) in [6, 6.07) is -0.461. The summed E-state index contributed by atoms with van der Waals surface area (Å²) in [7, 11) is 0. The van der Waals surface area contributed by atoms with Crippen LogP contribution in [0.25, 0.3) is 0 Å². The van der Waals surface area contributed by atoms with Gasteiger partial charge in [-0.15, -0.1) is 0 Å². The monoisotopic (exact) mass is 163 g/mol. The number of amides is 1. The van der Waals surface area contributed by atoms with Crippen molar-refractivity contribution in [2.75, 3.05) is 12.0 Å². The summed E-state index contributed by atoms with van der Waals surface area (Å²) in [4.78, 5) is 10.6. The number of hydrazine groups is 1. The van der Waals surface area contributed by atoms with Crippen molar-refractivity contribution >= 4 is 17.7 Å². The van der Waals surface area contributed by atoms with Gasteiger partial charge in [-0.1, -0.05) is 0 Å². The van der Waals surface area contributed by atoms with Crippen molar-refractivity contribution in [2.45, 2.75) is 12.5 Å². The zero-order valence-electron chi connectivity index (χ0n) is 5.96. The summed E-state index contributed by atoms with van der Waals surface area (Å²) < 4.78 is 0. The van der Waals surface area contributed by atoms with Crippen molar-refractivity contribution in [1.82, 2.24) is 5.43 Å². The molecule has 5 heteroatoms. The quantitative estimate of drug-likeness (QED) is 0.284. The molecule has 0 aromatic carbocycles. The number of carbonyl (C=O) groups is 1. The van der Waals surface area contributed by atoms with Crippen LogP contribution in [0.5, 0.6) is 0 Å². The third-order valence-electron chi connectivity index (χ3n) is 1.11. The smallest absolute Gasteiger partial charge is 0.250 e. The average molecular weight is 163 g/mol. The molecule has 0 aliphatic carbocycles. The van der Waals surface area contributed by atoms with Crippen molar-refractivity contribution in [3.63, 3.8) is 0 Å². The summed E-state index contributed by atoms with van der Waals surface area (Å²) in [6.07, 6.45) is 2.64. The first-order valence-electron chi connectivity index (χ1n) is 2.97. The number of rotatable bonds is 4. The maximum absolute atomic E-state index is 10.6. The molecule has 0 spiro atoms. The van der Waals surface area contributed by atoms with Crippen molar-refractivity contribution in [1.29, 1.82) is 0 Å². The maximum atomic E-state index is 10.6. The lowest BCUT2D eigenvalue weighted by Crippen LogP contribution is -2.44. The van der Waals surface area contributed by atoms with Gasteiger partial charge in [0.15, 0.2) is 0 Å². The van der Waals surface area contributed by atoms with Crippen LogP contribution in [0.15, 0.2) is 0 Å². The highest BCUT2D eigenvalue weighted by Crippen LogP contribution is 1.97. The largest absolute Gasteiger partial charge is 0.320 e. The molecule has 5 N–H and O–H groups in total. The standard InChI is InChI=1S/C5H13N3OS/c1-10-3-2-4(6)5(9)8-7/h4H,2-3,6-7H2,1H3,(H,8,9)/t4-/m1/s1. The van der Waals surface area contributed by atoms with E-state index in [1.165, 1.54) is 0 Å². The first-order valence-corrected chi connectivity index (χ1v) is 4.36. The molecule has 0 saturated carbocycles. The van der Waals surface area contributed by atoms with Crippen LogP contribution in [0.2, 0.25) is 0 Å². The highest BCUT2D eigenvalue weighted by atomic mass is 32.2. The van der Waals surface area contributed by atoms with E-state index in [0.717, 1.165) is 5.75 Å². The van der Waals surface area contributed by atoms with Crippen LogP contribution in [0, 0.1) is 0 Å². The Kier molecular flexibility index (Phi) is 5.38. The molecule has 0 aromatic rings. The molecule has 0 rings (SSSR count). The second-order valence-electron chi connectivity index (χ2n) is 1.90. The van der Waals surface area contributed by atoms with Gasteiger partial charge in [0, 0.05) is 0 Å². The Bertz CT molecular complexity index is 109. The minimum Gasteiger partial charge on any atom is -0.320 e. The van der Waals surface area contributed by atoms with Gasteiger partial charge in [-0.3, -0.25) is 10.2 Å². The van der Waals surface area contributed by atoms with E-state index in [1.807, 2.05) is 11.7 Å². The molecule has 0 radical (unpaired) electrons. The van der Waals surface area contributed by atoms with E-state index in [9.17, 15) is 4.79 Å². The van der Waals surface area contributed by atoms with Crippen molar-refractivity contribution < 1.29 is 4.79 Å². The number of hydrogen-bond donors (Lipinski definition) is 3. The lowest BCUT2D eigenvalue weighted by atomic mass is 10.2. The van der Waals surface area contributed by atoms with Gasteiger partial charge in [0.05, 0.1) is 6.04 Å². The van der Waals surface area contributed by atoms with Crippen LogP contribution in [0.4, 0.5) is 0 Å². The van der Waals surface area contributed by atoms with Crippen molar-refractivity contribution in [3.8, 4) is 0 Å². The Balaban J connectivity index is 3.41.